The van der Waals surface area contributed by atoms with Crippen LogP contribution in [0.2, 0.25) is 0 Å². The molecule has 6 heteroatoms. The number of ether oxygens (including phenoxy) is 1. The van der Waals surface area contributed by atoms with Crippen LogP contribution in [0.4, 0.5) is 0 Å². The van der Waals surface area contributed by atoms with E-state index in [1.54, 1.807) is 4.57 Å². The quantitative estimate of drug-likeness (QED) is 0.558. The third-order valence-electron chi connectivity index (χ3n) is 5.87. The van der Waals surface area contributed by atoms with E-state index in [-0.39, 0.29) is 23.9 Å². The van der Waals surface area contributed by atoms with Gasteiger partial charge in [0.2, 0.25) is 0 Å². The van der Waals surface area contributed by atoms with Crippen molar-refractivity contribution >= 4 is 11.0 Å². The minimum absolute atomic E-state index is 0.105. The Bertz CT molecular complexity index is 1070. The number of hydrogen-bond donors (Lipinski definition) is 3. The first-order valence-corrected chi connectivity index (χ1v) is 10.8. The number of aliphatic hydroxyl groups excluding tert-OH is 1. The minimum atomic E-state index is -0.656. The summed E-state index contributed by atoms with van der Waals surface area (Å²) in [4.78, 5) is 15.2. The first-order chi connectivity index (χ1) is 14.4. The van der Waals surface area contributed by atoms with Crippen molar-refractivity contribution in [3.63, 3.8) is 0 Å². The zero-order chi connectivity index (χ0) is 21.3. The summed E-state index contributed by atoms with van der Waals surface area (Å²) in [5.41, 5.74) is 3.51. The lowest BCUT2D eigenvalue weighted by atomic mass is 9.98. The Hall–Kier alpha value is -2.57. The van der Waals surface area contributed by atoms with Gasteiger partial charge in [-0.3, -0.25) is 4.57 Å². The summed E-state index contributed by atoms with van der Waals surface area (Å²) in [6, 6.07) is 14.0. The number of aliphatic hydroxyl groups is 1. The first kappa shape index (κ1) is 20.7. The summed E-state index contributed by atoms with van der Waals surface area (Å²) >= 11 is 0. The number of benzene rings is 2. The molecule has 30 heavy (non-hydrogen) atoms. The lowest BCUT2D eigenvalue weighted by Crippen LogP contribution is -2.41. The fraction of sp³-hybridized carbons (Fsp3) is 0.458. The SMILES string of the molecule is CC(CCc1ccccc1OC(C)C)NC1CCn2c(=O)[nH]c3cccc(c32)C1O. The molecule has 1 aliphatic rings. The maximum absolute atomic E-state index is 12.3. The number of nitrogens with zero attached hydrogens (tertiary/aromatic N) is 1. The van der Waals surface area contributed by atoms with Gasteiger partial charge in [-0.15, -0.1) is 0 Å². The predicted octanol–water partition coefficient (Wildman–Crippen LogP) is 3.53. The summed E-state index contributed by atoms with van der Waals surface area (Å²) in [5.74, 6) is 0.944. The van der Waals surface area contributed by atoms with Gasteiger partial charge in [-0.25, -0.2) is 4.79 Å². The van der Waals surface area contributed by atoms with Gasteiger partial charge in [0.25, 0.3) is 0 Å². The Morgan fingerprint density at radius 3 is 2.80 bits per heavy atom. The number of H-pyrrole nitrogens is 1. The fourth-order valence-corrected chi connectivity index (χ4v) is 4.42. The minimum Gasteiger partial charge on any atom is -0.491 e. The van der Waals surface area contributed by atoms with Crippen molar-refractivity contribution in [3.8, 4) is 5.75 Å². The maximum Gasteiger partial charge on any atom is 0.326 e. The van der Waals surface area contributed by atoms with Crippen molar-refractivity contribution in [1.82, 2.24) is 14.9 Å². The van der Waals surface area contributed by atoms with E-state index in [1.165, 1.54) is 5.56 Å². The molecule has 6 nitrogen and oxygen atoms in total. The van der Waals surface area contributed by atoms with Crippen molar-refractivity contribution in [1.29, 1.82) is 0 Å². The molecule has 0 fully saturated rings. The van der Waals surface area contributed by atoms with Gasteiger partial charge in [-0.05, 0) is 57.7 Å². The highest BCUT2D eigenvalue weighted by atomic mass is 16.5. The van der Waals surface area contributed by atoms with Crippen molar-refractivity contribution in [2.45, 2.75) is 70.9 Å². The molecule has 0 amide bonds. The van der Waals surface area contributed by atoms with E-state index in [0.717, 1.165) is 35.2 Å². The van der Waals surface area contributed by atoms with Gasteiger partial charge in [0.1, 0.15) is 5.75 Å². The molecule has 0 radical (unpaired) electrons. The molecule has 0 aliphatic carbocycles. The Morgan fingerprint density at radius 2 is 2.00 bits per heavy atom. The molecule has 4 rings (SSSR count). The zero-order valence-electron chi connectivity index (χ0n) is 17.9. The van der Waals surface area contributed by atoms with Crippen molar-refractivity contribution < 1.29 is 9.84 Å². The van der Waals surface area contributed by atoms with E-state index in [4.69, 9.17) is 4.74 Å². The van der Waals surface area contributed by atoms with Crippen LogP contribution in [-0.2, 0) is 13.0 Å². The van der Waals surface area contributed by atoms with E-state index in [2.05, 4.69) is 23.3 Å². The number of aromatic amines is 1. The normalized spacial score (nSPS) is 19.8. The molecule has 0 saturated carbocycles. The second kappa shape index (κ2) is 8.66. The summed E-state index contributed by atoms with van der Waals surface area (Å²) in [5, 5.41) is 14.7. The molecule has 160 valence electrons. The molecule has 3 N–H and O–H groups in total. The van der Waals surface area contributed by atoms with Crippen LogP contribution in [0.15, 0.2) is 47.3 Å². The number of rotatable bonds is 7. The molecular formula is C24H31N3O3. The third kappa shape index (κ3) is 4.16. The second-order valence-corrected chi connectivity index (χ2v) is 8.55. The summed E-state index contributed by atoms with van der Waals surface area (Å²) in [7, 11) is 0. The average Bonchev–Trinajstić information content (AvgIpc) is 2.96. The van der Waals surface area contributed by atoms with Crippen LogP contribution in [0, 0.1) is 0 Å². The van der Waals surface area contributed by atoms with Gasteiger partial charge in [0.05, 0.1) is 23.2 Å². The molecule has 3 unspecified atom stereocenters. The van der Waals surface area contributed by atoms with Gasteiger partial charge in [0, 0.05) is 24.2 Å². The Balaban J connectivity index is 1.44. The molecule has 1 aliphatic heterocycles. The maximum atomic E-state index is 12.3. The number of nitrogens with one attached hydrogen (secondary N) is 2. The smallest absolute Gasteiger partial charge is 0.326 e. The number of para-hydroxylation sites is 2. The van der Waals surface area contributed by atoms with Crippen molar-refractivity contribution in [3.05, 3.63) is 64.1 Å². The second-order valence-electron chi connectivity index (χ2n) is 8.55. The standard InChI is InChI=1S/C24H31N3O3/c1-15(2)30-21-10-5-4-7-17(21)12-11-16(3)25-20-13-14-27-22-18(23(20)28)8-6-9-19(22)26-24(27)29/h4-10,15-16,20,23,25,28H,11-14H2,1-3H3,(H,26,29). The molecule has 2 heterocycles. The van der Waals surface area contributed by atoms with Crippen LogP contribution in [0.1, 0.15) is 50.8 Å². The lowest BCUT2D eigenvalue weighted by Gasteiger charge is -2.27. The number of hydrogen-bond acceptors (Lipinski definition) is 4. The zero-order valence-corrected chi connectivity index (χ0v) is 17.9. The molecule has 3 atom stereocenters. The van der Waals surface area contributed by atoms with Crippen LogP contribution in [0.25, 0.3) is 11.0 Å². The van der Waals surface area contributed by atoms with Gasteiger partial charge >= 0.3 is 5.69 Å². The van der Waals surface area contributed by atoms with Crippen LogP contribution in [0.3, 0.4) is 0 Å². The molecular weight excluding hydrogens is 378 g/mol. The average molecular weight is 410 g/mol. The molecule has 1 aromatic heterocycles. The molecule has 0 saturated heterocycles. The topological polar surface area (TPSA) is 79.3 Å². The Morgan fingerprint density at radius 1 is 1.20 bits per heavy atom. The van der Waals surface area contributed by atoms with Crippen LogP contribution < -0.4 is 15.7 Å². The van der Waals surface area contributed by atoms with Gasteiger partial charge in [-0.1, -0.05) is 30.3 Å². The highest BCUT2D eigenvalue weighted by Crippen LogP contribution is 2.30. The number of imidazole rings is 1. The Labute approximate surface area is 176 Å². The van der Waals surface area contributed by atoms with Crippen LogP contribution in [0.5, 0.6) is 5.75 Å². The highest BCUT2D eigenvalue weighted by Gasteiger charge is 2.29. The van der Waals surface area contributed by atoms with Crippen molar-refractivity contribution in [2.75, 3.05) is 0 Å². The highest BCUT2D eigenvalue weighted by molar-refractivity contribution is 5.79. The van der Waals surface area contributed by atoms with Crippen LogP contribution in [-0.4, -0.2) is 32.8 Å². The summed E-state index contributed by atoms with van der Waals surface area (Å²) < 4.78 is 7.69. The van der Waals surface area contributed by atoms with Gasteiger partial charge in [-0.2, -0.15) is 0 Å². The first-order valence-electron chi connectivity index (χ1n) is 10.8. The predicted molar refractivity (Wildman–Crippen MR) is 119 cm³/mol. The molecule has 0 spiro atoms. The summed E-state index contributed by atoms with van der Waals surface area (Å²) in [6.45, 7) is 6.81. The van der Waals surface area contributed by atoms with E-state index in [0.29, 0.717) is 13.0 Å². The van der Waals surface area contributed by atoms with Crippen LogP contribution >= 0.6 is 0 Å². The van der Waals surface area contributed by atoms with Gasteiger partial charge in [0.15, 0.2) is 0 Å². The van der Waals surface area contributed by atoms with E-state index >= 15 is 0 Å². The van der Waals surface area contributed by atoms with E-state index in [9.17, 15) is 9.90 Å². The van der Waals surface area contributed by atoms with Gasteiger partial charge < -0.3 is 20.1 Å². The fourth-order valence-electron chi connectivity index (χ4n) is 4.42. The summed E-state index contributed by atoms with van der Waals surface area (Å²) in [6.07, 6.45) is 2.01. The molecule has 3 aromatic rings. The lowest BCUT2D eigenvalue weighted by molar-refractivity contribution is 0.119. The Kier molecular flexibility index (Phi) is 5.97. The monoisotopic (exact) mass is 409 g/mol. The molecule has 2 aromatic carbocycles. The van der Waals surface area contributed by atoms with Crippen molar-refractivity contribution in [2.24, 2.45) is 0 Å². The third-order valence-corrected chi connectivity index (χ3v) is 5.87. The van der Waals surface area contributed by atoms with E-state index < -0.39 is 6.10 Å². The van der Waals surface area contributed by atoms with E-state index in [1.807, 2.05) is 50.2 Å². The largest absolute Gasteiger partial charge is 0.491 e. The number of aromatic nitrogens is 2. The molecule has 0 bridgehead atoms. The number of aryl methyl sites for hydroxylation is 2.